The smallest absolute Gasteiger partial charge is 0.0439 e. The lowest BCUT2D eigenvalue weighted by molar-refractivity contribution is 1.35. The largest absolute Gasteiger partial charge is 0.0776 e. The number of allylic oxidation sites excluding steroid dienone is 4. The fourth-order valence-corrected chi connectivity index (χ4v) is 0.333. The summed E-state index contributed by atoms with van der Waals surface area (Å²) in [5.74, 6) is 0. The van der Waals surface area contributed by atoms with E-state index in [0.717, 1.165) is 0 Å². The lowest BCUT2D eigenvalue weighted by Crippen LogP contribution is -1.62. The second-order valence-electron chi connectivity index (χ2n) is 2.49. The van der Waals surface area contributed by atoms with Crippen LogP contribution in [-0.4, -0.2) is 0 Å². The van der Waals surface area contributed by atoms with Crippen LogP contribution in [0.1, 0.15) is 42.5 Å². The summed E-state index contributed by atoms with van der Waals surface area (Å²) in [7, 11) is 0. The van der Waals surface area contributed by atoms with Crippen LogP contribution in [0.3, 0.4) is 0 Å². The first-order valence-corrected chi connectivity index (χ1v) is 2.91. The monoisotopic (exact) mass is 142 g/mol. The zero-order valence-electron chi connectivity index (χ0n) is 6.15. The van der Waals surface area contributed by atoms with Gasteiger partial charge < -0.3 is 0 Å². The molecule has 0 spiro atoms. The van der Waals surface area contributed by atoms with E-state index < -0.39 is 0 Å². The predicted molar refractivity (Wildman–Crippen MR) is 52.3 cm³/mol. The molecule has 0 heterocycles. The standard InChI is InChI=1S/C8H14.2CH4/c1-7(2)5-6-8(3)4;;/h5-6H,1-4H3;2*1H4. The molecule has 0 aromatic carbocycles. The SMILES string of the molecule is C.C.CC(C)=CC=C(C)C. The second kappa shape index (κ2) is 8.48. The van der Waals surface area contributed by atoms with Crippen LogP contribution in [0.5, 0.6) is 0 Å². The minimum absolute atomic E-state index is 0. The van der Waals surface area contributed by atoms with Gasteiger partial charge in [-0.1, -0.05) is 38.2 Å². The molecule has 0 aliphatic rings. The van der Waals surface area contributed by atoms with E-state index in [1.807, 2.05) is 0 Å². The van der Waals surface area contributed by atoms with Gasteiger partial charge in [-0.05, 0) is 27.7 Å². The fraction of sp³-hybridized carbons (Fsp3) is 0.600. The third-order valence-corrected chi connectivity index (χ3v) is 0.750. The number of hydrogen-bond acceptors (Lipinski definition) is 0. The molecule has 0 aliphatic carbocycles. The van der Waals surface area contributed by atoms with Gasteiger partial charge in [0.1, 0.15) is 0 Å². The molecular formula is C10H22. The molecule has 0 atom stereocenters. The zero-order chi connectivity index (χ0) is 6.57. The summed E-state index contributed by atoms with van der Waals surface area (Å²) >= 11 is 0. The molecule has 0 N–H and O–H groups in total. The van der Waals surface area contributed by atoms with Crippen molar-refractivity contribution in [3.8, 4) is 0 Å². The van der Waals surface area contributed by atoms with Crippen molar-refractivity contribution in [2.45, 2.75) is 42.5 Å². The van der Waals surface area contributed by atoms with E-state index in [1.165, 1.54) is 11.1 Å². The fourth-order valence-electron chi connectivity index (χ4n) is 0.333. The van der Waals surface area contributed by atoms with E-state index in [1.54, 1.807) is 0 Å². The lowest BCUT2D eigenvalue weighted by atomic mass is 10.2. The van der Waals surface area contributed by atoms with Gasteiger partial charge >= 0.3 is 0 Å². The molecule has 62 valence electrons. The van der Waals surface area contributed by atoms with Crippen LogP contribution in [0, 0.1) is 0 Å². The first-order chi connectivity index (χ1) is 3.63. The van der Waals surface area contributed by atoms with Gasteiger partial charge in [-0.3, -0.25) is 0 Å². The quantitative estimate of drug-likeness (QED) is 0.481. The van der Waals surface area contributed by atoms with Gasteiger partial charge in [0.25, 0.3) is 0 Å². The Morgan fingerprint density at radius 1 is 0.700 bits per heavy atom. The molecular weight excluding hydrogens is 120 g/mol. The molecule has 0 heteroatoms. The molecule has 0 aromatic heterocycles. The minimum Gasteiger partial charge on any atom is -0.0776 e. The maximum Gasteiger partial charge on any atom is -0.0439 e. The highest BCUT2D eigenvalue weighted by molar-refractivity contribution is 5.12. The summed E-state index contributed by atoms with van der Waals surface area (Å²) < 4.78 is 0. The van der Waals surface area contributed by atoms with Crippen LogP contribution < -0.4 is 0 Å². The van der Waals surface area contributed by atoms with E-state index in [-0.39, 0.29) is 14.9 Å². The molecule has 0 amide bonds. The Hall–Kier alpha value is -0.520. The average Bonchev–Trinajstić information content (AvgIpc) is 1.61. The molecule has 0 fully saturated rings. The molecule has 0 rings (SSSR count). The molecule has 0 aliphatic heterocycles. The Morgan fingerprint density at radius 2 is 0.900 bits per heavy atom. The van der Waals surface area contributed by atoms with E-state index in [4.69, 9.17) is 0 Å². The topological polar surface area (TPSA) is 0 Å². The highest BCUT2D eigenvalue weighted by Gasteiger charge is 1.71. The highest BCUT2D eigenvalue weighted by Crippen LogP contribution is 1.93. The van der Waals surface area contributed by atoms with E-state index in [0.29, 0.717) is 0 Å². The minimum atomic E-state index is 0. The van der Waals surface area contributed by atoms with Crippen molar-refractivity contribution >= 4 is 0 Å². The Labute approximate surface area is 66.7 Å². The van der Waals surface area contributed by atoms with Crippen LogP contribution in [0.2, 0.25) is 0 Å². The summed E-state index contributed by atoms with van der Waals surface area (Å²) in [5, 5.41) is 0. The van der Waals surface area contributed by atoms with E-state index in [2.05, 4.69) is 39.8 Å². The first-order valence-electron chi connectivity index (χ1n) is 2.91. The molecule has 0 radical (unpaired) electrons. The van der Waals surface area contributed by atoms with Gasteiger partial charge in [-0.2, -0.15) is 0 Å². The van der Waals surface area contributed by atoms with Gasteiger partial charge in [0.05, 0.1) is 0 Å². The van der Waals surface area contributed by atoms with Gasteiger partial charge in [-0.15, -0.1) is 0 Å². The zero-order valence-corrected chi connectivity index (χ0v) is 6.15. The normalized spacial score (nSPS) is 6.40. The van der Waals surface area contributed by atoms with Crippen LogP contribution in [0.4, 0.5) is 0 Å². The average molecular weight is 142 g/mol. The Balaban J connectivity index is -0.000000245. The van der Waals surface area contributed by atoms with Crippen molar-refractivity contribution < 1.29 is 0 Å². The number of rotatable bonds is 1. The lowest BCUT2D eigenvalue weighted by Gasteiger charge is -1.84. The third kappa shape index (κ3) is 15.6. The maximum atomic E-state index is 2.12. The van der Waals surface area contributed by atoms with Crippen molar-refractivity contribution in [1.82, 2.24) is 0 Å². The van der Waals surface area contributed by atoms with Crippen LogP contribution in [-0.2, 0) is 0 Å². The summed E-state index contributed by atoms with van der Waals surface area (Å²) in [6.45, 7) is 8.39. The molecule has 0 aromatic rings. The molecule has 0 saturated heterocycles. The maximum absolute atomic E-state index is 2.12. The molecule has 0 unspecified atom stereocenters. The Kier molecular flexibility index (Phi) is 13.8. The molecule has 0 bridgehead atoms. The summed E-state index contributed by atoms with van der Waals surface area (Å²) in [4.78, 5) is 0. The third-order valence-electron chi connectivity index (χ3n) is 0.750. The van der Waals surface area contributed by atoms with E-state index in [9.17, 15) is 0 Å². The first kappa shape index (κ1) is 16.2. The molecule has 10 heavy (non-hydrogen) atoms. The van der Waals surface area contributed by atoms with Crippen molar-refractivity contribution in [3.05, 3.63) is 23.3 Å². The highest BCUT2D eigenvalue weighted by atomic mass is 13.8. The van der Waals surface area contributed by atoms with Crippen LogP contribution in [0.25, 0.3) is 0 Å². The van der Waals surface area contributed by atoms with Gasteiger partial charge in [0.2, 0.25) is 0 Å². The molecule has 0 nitrogen and oxygen atoms in total. The predicted octanol–water partition coefficient (Wildman–Crippen LogP) is 4.19. The molecule has 0 saturated carbocycles. The second-order valence-corrected chi connectivity index (χ2v) is 2.49. The van der Waals surface area contributed by atoms with E-state index >= 15 is 0 Å². The van der Waals surface area contributed by atoms with Crippen molar-refractivity contribution in [2.24, 2.45) is 0 Å². The van der Waals surface area contributed by atoms with Gasteiger partial charge in [-0.25, -0.2) is 0 Å². The summed E-state index contributed by atoms with van der Waals surface area (Å²) in [5.41, 5.74) is 2.71. The van der Waals surface area contributed by atoms with Gasteiger partial charge in [0.15, 0.2) is 0 Å². The number of hydrogen-bond donors (Lipinski definition) is 0. The van der Waals surface area contributed by atoms with Gasteiger partial charge in [0, 0.05) is 0 Å². The van der Waals surface area contributed by atoms with Crippen molar-refractivity contribution in [2.75, 3.05) is 0 Å². The summed E-state index contributed by atoms with van der Waals surface area (Å²) in [6, 6.07) is 0. The van der Waals surface area contributed by atoms with Crippen LogP contribution in [0.15, 0.2) is 23.3 Å². The summed E-state index contributed by atoms with van der Waals surface area (Å²) in [6.07, 6.45) is 4.24. The van der Waals surface area contributed by atoms with Crippen molar-refractivity contribution in [1.29, 1.82) is 0 Å². The van der Waals surface area contributed by atoms with Crippen molar-refractivity contribution in [3.63, 3.8) is 0 Å². The Bertz CT molecular complexity index is 92.0. The Morgan fingerprint density at radius 3 is 1.00 bits per heavy atom. The van der Waals surface area contributed by atoms with Crippen LogP contribution >= 0.6 is 0 Å².